The molecule has 0 radical (unpaired) electrons. The standard InChI is InChI=1S/C19H20N4O6/c1-12(9-18(24)20-13-5-4-6-14(10-13)23(26)27)21-22-19(25)16-8-7-15(28-2)11-17(16)29-3/h4-8,10-11H,9H2,1-3H3,(H,20,24)(H,22,25)/b21-12+. The van der Waals surface area contributed by atoms with Crippen molar-refractivity contribution < 1.29 is 24.0 Å². The number of hydrazone groups is 1. The van der Waals surface area contributed by atoms with E-state index < -0.39 is 16.7 Å². The molecule has 0 bridgehead atoms. The summed E-state index contributed by atoms with van der Waals surface area (Å²) in [5, 5.41) is 17.2. The summed E-state index contributed by atoms with van der Waals surface area (Å²) in [6.45, 7) is 1.57. The Balaban J connectivity index is 1.97. The Bertz CT molecular complexity index is 957. The van der Waals surface area contributed by atoms with Gasteiger partial charge in [-0.05, 0) is 25.1 Å². The van der Waals surface area contributed by atoms with Crippen LogP contribution < -0.4 is 20.2 Å². The largest absolute Gasteiger partial charge is 0.497 e. The summed E-state index contributed by atoms with van der Waals surface area (Å²) in [5.41, 5.74) is 3.12. The molecule has 2 rings (SSSR count). The van der Waals surface area contributed by atoms with Crippen LogP contribution in [0.5, 0.6) is 11.5 Å². The number of hydrogen-bond donors (Lipinski definition) is 2. The van der Waals surface area contributed by atoms with Gasteiger partial charge in [-0.3, -0.25) is 19.7 Å². The van der Waals surface area contributed by atoms with Gasteiger partial charge < -0.3 is 14.8 Å². The first-order valence-electron chi connectivity index (χ1n) is 8.44. The number of carbonyl (C=O) groups excluding carboxylic acids is 2. The SMILES string of the molecule is COc1ccc(C(=O)N/N=C(\C)CC(=O)Nc2cccc([N+](=O)[O-])c2)c(OC)c1. The number of methoxy groups -OCH3 is 2. The molecule has 2 aromatic carbocycles. The third-order valence-corrected chi connectivity index (χ3v) is 3.76. The number of nitro benzene ring substituents is 1. The summed E-state index contributed by atoms with van der Waals surface area (Å²) in [5.74, 6) is -0.0833. The first-order chi connectivity index (χ1) is 13.8. The van der Waals surface area contributed by atoms with Crippen molar-refractivity contribution in [1.82, 2.24) is 5.43 Å². The van der Waals surface area contributed by atoms with Crippen molar-refractivity contribution in [2.24, 2.45) is 5.10 Å². The molecule has 0 atom stereocenters. The van der Waals surface area contributed by atoms with E-state index in [0.717, 1.165) is 0 Å². The fourth-order valence-corrected chi connectivity index (χ4v) is 2.37. The van der Waals surface area contributed by atoms with E-state index in [1.807, 2.05) is 0 Å². The molecule has 10 nitrogen and oxygen atoms in total. The predicted octanol–water partition coefficient (Wildman–Crippen LogP) is 2.75. The molecule has 152 valence electrons. The maximum Gasteiger partial charge on any atom is 0.275 e. The van der Waals surface area contributed by atoms with Crippen LogP contribution in [0, 0.1) is 10.1 Å². The summed E-state index contributed by atoms with van der Waals surface area (Å²) < 4.78 is 10.3. The van der Waals surface area contributed by atoms with E-state index in [1.165, 1.54) is 44.6 Å². The van der Waals surface area contributed by atoms with Crippen molar-refractivity contribution in [3.05, 3.63) is 58.1 Å². The number of hydrogen-bond acceptors (Lipinski definition) is 7. The van der Waals surface area contributed by atoms with Gasteiger partial charge in [-0.2, -0.15) is 5.10 Å². The average Bonchev–Trinajstić information content (AvgIpc) is 2.71. The lowest BCUT2D eigenvalue weighted by molar-refractivity contribution is -0.384. The second-order valence-corrected chi connectivity index (χ2v) is 5.89. The fourth-order valence-electron chi connectivity index (χ4n) is 2.37. The van der Waals surface area contributed by atoms with Crippen molar-refractivity contribution >= 4 is 28.9 Å². The Morgan fingerprint density at radius 1 is 1.14 bits per heavy atom. The summed E-state index contributed by atoms with van der Waals surface area (Å²) in [6.07, 6.45) is -0.108. The third-order valence-electron chi connectivity index (χ3n) is 3.76. The zero-order valence-electron chi connectivity index (χ0n) is 16.1. The second kappa shape index (κ2) is 9.83. The first-order valence-corrected chi connectivity index (χ1v) is 8.44. The number of benzene rings is 2. The minimum Gasteiger partial charge on any atom is -0.497 e. The lowest BCUT2D eigenvalue weighted by Crippen LogP contribution is -2.22. The number of nitro groups is 1. The van der Waals surface area contributed by atoms with Crippen molar-refractivity contribution in [3.8, 4) is 11.5 Å². The predicted molar refractivity (Wildman–Crippen MR) is 106 cm³/mol. The van der Waals surface area contributed by atoms with Crippen LogP contribution in [0.25, 0.3) is 0 Å². The summed E-state index contributed by atoms with van der Waals surface area (Å²) in [4.78, 5) is 34.6. The van der Waals surface area contributed by atoms with E-state index in [1.54, 1.807) is 19.1 Å². The van der Waals surface area contributed by atoms with Crippen molar-refractivity contribution in [2.45, 2.75) is 13.3 Å². The normalized spacial score (nSPS) is 10.8. The molecule has 2 aromatic rings. The second-order valence-electron chi connectivity index (χ2n) is 5.89. The fraction of sp³-hybridized carbons (Fsp3) is 0.211. The monoisotopic (exact) mass is 400 g/mol. The molecule has 10 heteroatoms. The van der Waals surface area contributed by atoms with E-state index in [4.69, 9.17) is 9.47 Å². The highest BCUT2D eigenvalue weighted by atomic mass is 16.6. The minimum absolute atomic E-state index is 0.108. The van der Waals surface area contributed by atoms with Gasteiger partial charge in [-0.25, -0.2) is 5.43 Å². The molecule has 0 heterocycles. The van der Waals surface area contributed by atoms with Crippen molar-refractivity contribution in [1.29, 1.82) is 0 Å². The van der Waals surface area contributed by atoms with Gasteiger partial charge in [-0.15, -0.1) is 0 Å². The van der Waals surface area contributed by atoms with Gasteiger partial charge in [0.05, 0.1) is 31.1 Å². The van der Waals surface area contributed by atoms with Crippen LogP contribution >= 0.6 is 0 Å². The topological polar surface area (TPSA) is 132 Å². The van der Waals surface area contributed by atoms with Gasteiger partial charge in [0, 0.05) is 29.6 Å². The third kappa shape index (κ3) is 6.03. The number of amides is 2. The molecular formula is C19H20N4O6. The van der Waals surface area contributed by atoms with E-state index in [0.29, 0.717) is 22.9 Å². The Hall–Kier alpha value is -3.95. The summed E-state index contributed by atoms with van der Waals surface area (Å²) in [6, 6.07) is 10.3. The number of rotatable bonds is 8. The molecule has 0 spiro atoms. The van der Waals surface area contributed by atoms with Crippen molar-refractivity contribution in [2.75, 3.05) is 19.5 Å². The van der Waals surface area contributed by atoms with E-state index in [9.17, 15) is 19.7 Å². The van der Waals surface area contributed by atoms with Gasteiger partial charge in [0.2, 0.25) is 5.91 Å². The van der Waals surface area contributed by atoms with E-state index >= 15 is 0 Å². The van der Waals surface area contributed by atoms with Gasteiger partial charge in [-0.1, -0.05) is 6.07 Å². The van der Waals surface area contributed by atoms with Crippen LogP contribution in [0.2, 0.25) is 0 Å². The summed E-state index contributed by atoms with van der Waals surface area (Å²) >= 11 is 0. The lowest BCUT2D eigenvalue weighted by atomic mass is 10.2. The molecule has 0 fully saturated rings. The van der Waals surface area contributed by atoms with Gasteiger partial charge in [0.15, 0.2) is 0 Å². The smallest absolute Gasteiger partial charge is 0.275 e. The zero-order valence-corrected chi connectivity index (χ0v) is 16.1. The Labute approximate surface area is 166 Å². The maximum atomic E-state index is 12.3. The molecule has 2 N–H and O–H groups in total. The highest BCUT2D eigenvalue weighted by Gasteiger charge is 2.14. The first kappa shape index (κ1) is 21.4. The highest BCUT2D eigenvalue weighted by Crippen LogP contribution is 2.24. The molecule has 29 heavy (non-hydrogen) atoms. The molecule has 0 aliphatic heterocycles. The Kier molecular flexibility index (Phi) is 7.24. The number of anilines is 1. The maximum absolute atomic E-state index is 12.3. The number of non-ortho nitro benzene ring substituents is 1. The van der Waals surface area contributed by atoms with E-state index in [2.05, 4.69) is 15.8 Å². The summed E-state index contributed by atoms with van der Waals surface area (Å²) in [7, 11) is 2.93. The van der Waals surface area contributed by atoms with Crippen molar-refractivity contribution in [3.63, 3.8) is 0 Å². The minimum atomic E-state index is -0.550. The van der Waals surface area contributed by atoms with Crippen LogP contribution in [-0.4, -0.2) is 36.7 Å². The molecule has 2 amide bonds. The molecular weight excluding hydrogens is 380 g/mol. The van der Waals surface area contributed by atoms with Gasteiger partial charge in [0.1, 0.15) is 11.5 Å². The van der Waals surface area contributed by atoms with Crippen LogP contribution in [0.4, 0.5) is 11.4 Å². The van der Waals surface area contributed by atoms with Crippen LogP contribution in [0.1, 0.15) is 23.7 Å². The average molecular weight is 400 g/mol. The number of ether oxygens (including phenoxy) is 2. The Morgan fingerprint density at radius 2 is 1.90 bits per heavy atom. The quantitative estimate of drug-likeness (QED) is 0.398. The van der Waals surface area contributed by atoms with Crippen LogP contribution in [0.3, 0.4) is 0 Å². The number of nitrogens with one attached hydrogen (secondary N) is 2. The van der Waals surface area contributed by atoms with E-state index in [-0.39, 0.29) is 17.7 Å². The number of carbonyl (C=O) groups is 2. The molecule has 0 aliphatic rings. The molecule has 0 saturated carbocycles. The highest BCUT2D eigenvalue weighted by molar-refractivity contribution is 6.06. The molecule has 0 aliphatic carbocycles. The molecule has 0 unspecified atom stereocenters. The van der Waals surface area contributed by atoms with Gasteiger partial charge in [0.25, 0.3) is 11.6 Å². The lowest BCUT2D eigenvalue weighted by Gasteiger charge is -2.09. The Morgan fingerprint density at radius 3 is 2.55 bits per heavy atom. The zero-order chi connectivity index (χ0) is 21.4. The van der Waals surface area contributed by atoms with Crippen LogP contribution in [0.15, 0.2) is 47.6 Å². The number of nitrogens with zero attached hydrogens (tertiary/aromatic N) is 2. The molecule has 0 saturated heterocycles. The molecule has 0 aromatic heterocycles. The van der Waals surface area contributed by atoms with Crippen LogP contribution in [-0.2, 0) is 4.79 Å². The van der Waals surface area contributed by atoms with Gasteiger partial charge >= 0.3 is 0 Å².